The monoisotopic (exact) mass is 284 g/mol. The molecule has 4 nitrogen and oxygen atoms in total. The number of para-hydroxylation sites is 3. The van der Waals surface area contributed by atoms with Crippen molar-refractivity contribution in [2.24, 2.45) is 0 Å². The second-order valence-electron chi connectivity index (χ2n) is 4.32. The minimum atomic E-state index is -0.405. The van der Waals surface area contributed by atoms with Crippen molar-refractivity contribution in [2.75, 3.05) is 0 Å². The lowest BCUT2D eigenvalue weighted by atomic mass is 10.3. The van der Waals surface area contributed by atoms with Gasteiger partial charge in [0.05, 0.1) is 5.52 Å². The van der Waals surface area contributed by atoms with Crippen LogP contribution in [-0.4, -0.2) is 15.3 Å². The molecule has 0 saturated heterocycles. The van der Waals surface area contributed by atoms with Crippen molar-refractivity contribution in [3.8, 4) is 5.69 Å². The van der Waals surface area contributed by atoms with Gasteiger partial charge in [-0.1, -0.05) is 30.3 Å². The van der Waals surface area contributed by atoms with Crippen molar-refractivity contribution >= 4 is 29.2 Å². The zero-order valence-electron chi connectivity index (χ0n) is 10.8. The Hall–Kier alpha value is -2.40. The molecule has 0 bridgehead atoms. The van der Waals surface area contributed by atoms with E-state index in [-0.39, 0.29) is 0 Å². The number of fused-ring (bicyclic) bond motifs is 1. The maximum absolute atomic E-state index is 11.3. The summed E-state index contributed by atoms with van der Waals surface area (Å²) in [5.41, 5.74) is 2.58. The highest BCUT2D eigenvalue weighted by atomic mass is 32.1. The van der Waals surface area contributed by atoms with Crippen LogP contribution >= 0.6 is 12.2 Å². The van der Waals surface area contributed by atoms with Gasteiger partial charge in [0.1, 0.15) is 5.52 Å². The van der Waals surface area contributed by atoms with Gasteiger partial charge in [-0.25, -0.2) is 4.79 Å². The Labute approximate surface area is 120 Å². The van der Waals surface area contributed by atoms with Crippen molar-refractivity contribution in [3.63, 3.8) is 0 Å². The van der Waals surface area contributed by atoms with E-state index in [1.165, 1.54) is 11.7 Å². The summed E-state index contributed by atoms with van der Waals surface area (Å²) in [5, 5.41) is 0. The molecule has 0 radical (unpaired) electrons. The molecule has 0 aliphatic carbocycles. The molecular weight excluding hydrogens is 272 g/mol. The molecule has 1 aromatic heterocycles. The lowest BCUT2D eigenvalue weighted by Gasteiger charge is -2.03. The van der Waals surface area contributed by atoms with Gasteiger partial charge in [-0.15, -0.1) is 4.73 Å². The SMILES string of the molecule is CC(=O)On1c(=S)n(-c2ccccc2)c2ccccc21. The molecule has 0 atom stereocenters. The second-order valence-corrected chi connectivity index (χ2v) is 4.68. The Morgan fingerprint density at radius 2 is 1.60 bits per heavy atom. The predicted molar refractivity (Wildman–Crippen MR) is 79.4 cm³/mol. The zero-order chi connectivity index (χ0) is 14.1. The number of hydrogen-bond acceptors (Lipinski definition) is 3. The number of nitrogens with zero attached hydrogens (tertiary/aromatic N) is 2. The van der Waals surface area contributed by atoms with Crippen molar-refractivity contribution in [1.82, 2.24) is 9.30 Å². The third-order valence-electron chi connectivity index (χ3n) is 2.94. The van der Waals surface area contributed by atoms with Crippen LogP contribution < -0.4 is 4.84 Å². The van der Waals surface area contributed by atoms with E-state index in [0.717, 1.165) is 16.7 Å². The highest BCUT2D eigenvalue weighted by Crippen LogP contribution is 2.21. The molecule has 20 heavy (non-hydrogen) atoms. The minimum absolute atomic E-state index is 0.405. The highest BCUT2D eigenvalue weighted by Gasteiger charge is 2.13. The third kappa shape index (κ3) is 2.02. The van der Waals surface area contributed by atoms with Crippen LogP contribution in [0.15, 0.2) is 54.6 Å². The fraction of sp³-hybridized carbons (Fsp3) is 0.0667. The van der Waals surface area contributed by atoms with Crippen LogP contribution in [0, 0.1) is 4.77 Å². The van der Waals surface area contributed by atoms with Crippen LogP contribution in [0.2, 0.25) is 0 Å². The van der Waals surface area contributed by atoms with Crippen LogP contribution in [0.5, 0.6) is 0 Å². The first-order valence-corrected chi connectivity index (χ1v) is 6.56. The van der Waals surface area contributed by atoms with E-state index in [2.05, 4.69) is 0 Å². The van der Waals surface area contributed by atoms with Crippen LogP contribution in [0.3, 0.4) is 0 Å². The summed E-state index contributed by atoms with van der Waals surface area (Å²) in [7, 11) is 0. The lowest BCUT2D eigenvalue weighted by Crippen LogP contribution is -2.16. The zero-order valence-corrected chi connectivity index (χ0v) is 11.6. The van der Waals surface area contributed by atoms with E-state index < -0.39 is 5.97 Å². The molecule has 0 amide bonds. The Bertz CT molecular complexity index is 834. The van der Waals surface area contributed by atoms with E-state index in [1.807, 2.05) is 59.2 Å². The van der Waals surface area contributed by atoms with E-state index in [1.54, 1.807) is 0 Å². The van der Waals surface area contributed by atoms with Crippen molar-refractivity contribution in [3.05, 3.63) is 59.4 Å². The van der Waals surface area contributed by atoms with Gasteiger partial charge in [0.25, 0.3) is 0 Å². The molecule has 0 saturated carbocycles. The summed E-state index contributed by atoms with van der Waals surface area (Å²) in [5.74, 6) is -0.405. The summed E-state index contributed by atoms with van der Waals surface area (Å²) < 4.78 is 3.70. The summed E-state index contributed by atoms with van der Waals surface area (Å²) in [6, 6.07) is 17.4. The van der Waals surface area contributed by atoms with Gasteiger partial charge in [0, 0.05) is 12.6 Å². The summed E-state index contributed by atoms with van der Waals surface area (Å²) in [6.07, 6.45) is 0. The van der Waals surface area contributed by atoms with Gasteiger partial charge in [-0.05, 0) is 36.5 Å². The Morgan fingerprint density at radius 1 is 1.00 bits per heavy atom. The van der Waals surface area contributed by atoms with E-state index >= 15 is 0 Å². The van der Waals surface area contributed by atoms with Crippen molar-refractivity contribution < 1.29 is 9.63 Å². The number of carbonyl (C=O) groups is 1. The molecule has 100 valence electrons. The van der Waals surface area contributed by atoms with Crippen molar-refractivity contribution in [2.45, 2.75) is 6.92 Å². The molecule has 2 aromatic carbocycles. The van der Waals surface area contributed by atoms with Crippen LogP contribution in [0.25, 0.3) is 16.7 Å². The molecule has 0 aliphatic heterocycles. The van der Waals surface area contributed by atoms with Gasteiger partial charge in [0.15, 0.2) is 0 Å². The Morgan fingerprint density at radius 3 is 2.25 bits per heavy atom. The summed E-state index contributed by atoms with van der Waals surface area (Å²) in [4.78, 5) is 16.5. The standard InChI is InChI=1S/C15H12N2O2S/c1-11(18)19-17-14-10-6-5-9-13(14)16(15(17)20)12-7-3-2-4-8-12/h2-10H,1H3. The molecular formula is C15H12N2O2S. The van der Waals surface area contributed by atoms with E-state index in [4.69, 9.17) is 17.1 Å². The topological polar surface area (TPSA) is 36.2 Å². The number of imidazole rings is 1. The quantitative estimate of drug-likeness (QED) is 0.678. The summed E-state index contributed by atoms with van der Waals surface area (Å²) in [6.45, 7) is 1.36. The lowest BCUT2D eigenvalue weighted by molar-refractivity contribution is -0.141. The third-order valence-corrected chi connectivity index (χ3v) is 3.29. The average molecular weight is 284 g/mol. The first-order valence-electron chi connectivity index (χ1n) is 6.15. The fourth-order valence-corrected chi connectivity index (χ4v) is 2.50. The fourth-order valence-electron chi connectivity index (χ4n) is 2.17. The number of hydrogen-bond donors (Lipinski definition) is 0. The predicted octanol–water partition coefficient (Wildman–Crippen LogP) is 3.14. The first kappa shape index (κ1) is 12.6. The van der Waals surface area contributed by atoms with Gasteiger partial charge >= 0.3 is 5.97 Å². The molecule has 3 aromatic rings. The van der Waals surface area contributed by atoms with E-state index in [9.17, 15) is 4.79 Å². The average Bonchev–Trinajstić information content (AvgIpc) is 2.72. The first-order chi connectivity index (χ1) is 9.68. The molecule has 0 aliphatic rings. The molecule has 0 spiro atoms. The molecule has 0 unspecified atom stereocenters. The normalized spacial score (nSPS) is 10.7. The molecule has 1 heterocycles. The number of rotatable bonds is 2. The number of carbonyl (C=O) groups excluding carboxylic acids is 1. The summed E-state index contributed by atoms with van der Waals surface area (Å²) >= 11 is 5.44. The highest BCUT2D eigenvalue weighted by molar-refractivity contribution is 7.71. The molecule has 3 rings (SSSR count). The van der Waals surface area contributed by atoms with Gasteiger partial charge < -0.3 is 4.84 Å². The molecule has 5 heteroatoms. The van der Waals surface area contributed by atoms with Gasteiger partial charge in [0.2, 0.25) is 4.77 Å². The van der Waals surface area contributed by atoms with E-state index in [0.29, 0.717) is 4.77 Å². The number of benzene rings is 2. The van der Waals surface area contributed by atoms with Crippen LogP contribution in [-0.2, 0) is 4.79 Å². The van der Waals surface area contributed by atoms with Crippen molar-refractivity contribution in [1.29, 1.82) is 0 Å². The van der Waals surface area contributed by atoms with Crippen LogP contribution in [0.4, 0.5) is 0 Å². The van der Waals surface area contributed by atoms with Gasteiger partial charge in [-0.3, -0.25) is 4.57 Å². The maximum atomic E-state index is 11.3. The Balaban J connectivity index is 2.36. The van der Waals surface area contributed by atoms with Crippen LogP contribution in [0.1, 0.15) is 6.92 Å². The molecule has 0 N–H and O–H groups in total. The Kier molecular flexibility index (Phi) is 3.12. The van der Waals surface area contributed by atoms with Gasteiger partial charge in [-0.2, -0.15) is 0 Å². The number of aromatic nitrogens is 2. The smallest absolute Gasteiger partial charge is 0.330 e. The molecule has 0 fully saturated rings. The second kappa shape index (κ2) is 4.94. The maximum Gasteiger partial charge on any atom is 0.330 e. The minimum Gasteiger partial charge on any atom is -0.334 e. The largest absolute Gasteiger partial charge is 0.334 e.